The molecular weight excluding hydrogens is 246 g/mol. The number of anilines is 2. The maximum Gasteiger partial charge on any atom is 0.230 e. The van der Waals surface area contributed by atoms with Crippen LogP contribution in [0.25, 0.3) is 0 Å². The molecule has 0 fully saturated rings. The van der Waals surface area contributed by atoms with Crippen molar-refractivity contribution in [3.8, 4) is 0 Å². The number of nitrogens with one attached hydrogen (secondary N) is 1. The zero-order chi connectivity index (χ0) is 13.1. The summed E-state index contributed by atoms with van der Waals surface area (Å²) in [6, 6.07) is 5.85. The molecule has 0 spiro atoms. The van der Waals surface area contributed by atoms with Crippen LogP contribution >= 0.6 is 11.3 Å². The minimum Gasteiger partial charge on any atom is -0.375 e. The van der Waals surface area contributed by atoms with Gasteiger partial charge in [0.2, 0.25) is 5.91 Å². The number of nitrogen functional groups attached to an aromatic ring is 1. The topological polar surface area (TPSA) is 68.0 Å². The quantitative estimate of drug-likeness (QED) is 0.892. The molecule has 0 aliphatic rings. The predicted molar refractivity (Wildman–Crippen MR) is 74.8 cm³/mol. The number of aromatic nitrogens is 1. The lowest BCUT2D eigenvalue weighted by molar-refractivity contribution is -0.115. The predicted octanol–water partition coefficient (Wildman–Crippen LogP) is 2.52. The van der Waals surface area contributed by atoms with E-state index in [0.29, 0.717) is 10.8 Å². The van der Waals surface area contributed by atoms with Crippen LogP contribution in [0.2, 0.25) is 0 Å². The van der Waals surface area contributed by atoms with Crippen LogP contribution in [0.15, 0.2) is 23.6 Å². The van der Waals surface area contributed by atoms with Crippen molar-refractivity contribution >= 4 is 28.1 Å². The summed E-state index contributed by atoms with van der Waals surface area (Å²) < 4.78 is 0. The van der Waals surface area contributed by atoms with Crippen LogP contribution in [0.4, 0.5) is 10.8 Å². The molecule has 2 aromatic rings. The second-order valence-electron chi connectivity index (χ2n) is 4.15. The van der Waals surface area contributed by atoms with Crippen molar-refractivity contribution in [2.45, 2.75) is 20.3 Å². The number of benzene rings is 1. The number of carbonyl (C=O) groups is 1. The van der Waals surface area contributed by atoms with Gasteiger partial charge in [-0.1, -0.05) is 12.1 Å². The highest BCUT2D eigenvalue weighted by Gasteiger charge is 2.08. The summed E-state index contributed by atoms with van der Waals surface area (Å²) in [4.78, 5) is 15.9. The summed E-state index contributed by atoms with van der Waals surface area (Å²) in [5, 5.41) is 5.19. The number of carbonyl (C=O) groups excluding carboxylic acids is 1. The van der Waals surface area contributed by atoms with Crippen LogP contribution in [0.3, 0.4) is 0 Å². The zero-order valence-electron chi connectivity index (χ0n) is 10.4. The van der Waals surface area contributed by atoms with Crippen LogP contribution < -0.4 is 11.1 Å². The Morgan fingerprint density at radius 2 is 2.22 bits per heavy atom. The lowest BCUT2D eigenvalue weighted by Crippen LogP contribution is -2.15. The van der Waals surface area contributed by atoms with Gasteiger partial charge in [0.15, 0.2) is 5.13 Å². The number of hydrogen-bond donors (Lipinski definition) is 2. The highest BCUT2D eigenvalue weighted by atomic mass is 32.1. The Hall–Kier alpha value is -1.88. The molecule has 3 N–H and O–H groups in total. The van der Waals surface area contributed by atoms with Crippen LogP contribution in [0, 0.1) is 13.8 Å². The van der Waals surface area contributed by atoms with Crippen molar-refractivity contribution in [1.82, 2.24) is 4.98 Å². The summed E-state index contributed by atoms with van der Waals surface area (Å²) in [6.45, 7) is 4.01. The normalized spacial score (nSPS) is 10.3. The Bertz CT molecular complexity index is 577. The van der Waals surface area contributed by atoms with Crippen LogP contribution in [-0.2, 0) is 11.2 Å². The summed E-state index contributed by atoms with van der Waals surface area (Å²) in [6.07, 6.45) is 0.251. The van der Waals surface area contributed by atoms with Gasteiger partial charge in [-0.05, 0) is 31.0 Å². The number of amides is 1. The Morgan fingerprint density at radius 1 is 1.44 bits per heavy atom. The largest absolute Gasteiger partial charge is 0.375 e. The highest BCUT2D eigenvalue weighted by Crippen LogP contribution is 2.18. The SMILES string of the molecule is Cc1cccc(NC(=O)Cc2csc(N)n2)c1C. The molecule has 2 rings (SSSR count). The third-order valence-electron chi connectivity index (χ3n) is 2.79. The summed E-state index contributed by atoms with van der Waals surface area (Å²) in [7, 11) is 0. The van der Waals surface area contributed by atoms with Gasteiger partial charge in [0.1, 0.15) is 0 Å². The number of nitrogens with two attached hydrogens (primary N) is 1. The maximum atomic E-state index is 11.9. The van der Waals surface area contributed by atoms with E-state index >= 15 is 0 Å². The molecule has 18 heavy (non-hydrogen) atoms. The first-order valence-corrected chi connectivity index (χ1v) is 6.50. The number of aryl methyl sites for hydroxylation is 1. The maximum absolute atomic E-state index is 11.9. The van der Waals surface area contributed by atoms with Crippen molar-refractivity contribution < 1.29 is 4.79 Å². The third-order valence-corrected chi connectivity index (χ3v) is 3.51. The van der Waals surface area contributed by atoms with Crippen molar-refractivity contribution in [3.63, 3.8) is 0 Å². The van der Waals surface area contributed by atoms with Crippen molar-refractivity contribution in [1.29, 1.82) is 0 Å². The van der Waals surface area contributed by atoms with Crippen LogP contribution in [0.5, 0.6) is 0 Å². The minimum absolute atomic E-state index is 0.0750. The van der Waals surface area contributed by atoms with Gasteiger partial charge in [-0.15, -0.1) is 11.3 Å². The second-order valence-corrected chi connectivity index (χ2v) is 5.04. The molecule has 0 saturated heterocycles. The van der Waals surface area contributed by atoms with Gasteiger partial charge in [-0.25, -0.2) is 4.98 Å². The molecule has 0 atom stereocenters. The first-order valence-electron chi connectivity index (χ1n) is 5.62. The first-order chi connectivity index (χ1) is 8.56. The molecule has 4 nitrogen and oxygen atoms in total. The average Bonchev–Trinajstić information content (AvgIpc) is 2.70. The van der Waals surface area contributed by atoms with E-state index in [1.54, 1.807) is 5.38 Å². The fourth-order valence-electron chi connectivity index (χ4n) is 1.65. The van der Waals surface area contributed by atoms with Gasteiger partial charge in [0.05, 0.1) is 12.1 Å². The summed E-state index contributed by atoms with van der Waals surface area (Å²) >= 11 is 1.34. The van der Waals surface area contributed by atoms with Gasteiger partial charge >= 0.3 is 0 Å². The van der Waals surface area contributed by atoms with E-state index in [0.717, 1.165) is 16.8 Å². The summed E-state index contributed by atoms with van der Waals surface area (Å²) in [5.74, 6) is -0.0750. The Kier molecular flexibility index (Phi) is 3.62. The van der Waals surface area contributed by atoms with E-state index in [1.807, 2.05) is 32.0 Å². The fourth-order valence-corrected chi connectivity index (χ4v) is 2.21. The third kappa shape index (κ3) is 2.87. The van der Waals surface area contributed by atoms with Crippen molar-refractivity contribution in [3.05, 3.63) is 40.4 Å². The Balaban J connectivity index is 2.05. The molecule has 1 amide bonds. The second kappa shape index (κ2) is 5.18. The lowest BCUT2D eigenvalue weighted by atomic mass is 10.1. The van der Waals surface area contributed by atoms with E-state index < -0.39 is 0 Å². The Labute approximate surface area is 110 Å². The van der Waals surface area contributed by atoms with Gasteiger partial charge in [0.25, 0.3) is 0 Å². The minimum atomic E-state index is -0.0750. The van der Waals surface area contributed by atoms with Gasteiger partial charge < -0.3 is 11.1 Å². The summed E-state index contributed by atoms with van der Waals surface area (Å²) in [5.41, 5.74) is 9.33. The molecule has 0 unspecified atom stereocenters. The first kappa shape index (κ1) is 12.6. The molecule has 0 saturated carbocycles. The van der Waals surface area contributed by atoms with Gasteiger partial charge in [0, 0.05) is 11.1 Å². The molecule has 0 bridgehead atoms. The number of hydrogen-bond acceptors (Lipinski definition) is 4. The van der Waals surface area contributed by atoms with E-state index in [1.165, 1.54) is 11.3 Å². The van der Waals surface area contributed by atoms with E-state index in [2.05, 4.69) is 10.3 Å². The van der Waals surface area contributed by atoms with Gasteiger partial charge in [-0.2, -0.15) is 0 Å². The van der Waals surface area contributed by atoms with Crippen molar-refractivity contribution in [2.24, 2.45) is 0 Å². The number of rotatable bonds is 3. The molecule has 1 aromatic carbocycles. The standard InChI is InChI=1S/C13H15N3OS/c1-8-4-3-5-11(9(8)2)16-12(17)6-10-7-18-13(14)15-10/h3-5,7H,6H2,1-2H3,(H2,14,15)(H,16,17). The van der Waals surface area contributed by atoms with E-state index in [4.69, 9.17) is 5.73 Å². The van der Waals surface area contributed by atoms with E-state index in [9.17, 15) is 4.79 Å². The molecule has 0 radical (unpaired) electrons. The Morgan fingerprint density at radius 3 is 2.89 bits per heavy atom. The lowest BCUT2D eigenvalue weighted by Gasteiger charge is -2.09. The molecule has 1 heterocycles. The smallest absolute Gasteiger partial charge is 0.230 e. The highest BCUT2D eigenvalue weighted by molar-refractivity contribution is 7.13. The monoisotopic (exact) mass is 261 g/mol. The van der Waals surface area contributed by atoms with Gasteiger partial charge in [-0.3, -0.25) is 4.79 Å². The van der Waals surface area contributed by atoms with Crippen LogP contribution in [-0.4, -0.2) is 10.9 Å². The molecule has 5 heteroatoms. The van der Waals surface area contributed by atoms with Crippen LogP contribution in [0.1, 0.15) is 16.8 Å². The number of nitrogens with zero attached hydrogens (tertiary/aromatic N) is 1. The molecule has 94 valence electrons. The fraction of sp³-hybridized carbons (Fsp3) is 0.231. The zero-order valence-corrected chi connectivity index (χ0v) is 11.2. The molecule has 1 aromatic heterocycles. The molecular formula is C13H15N3OS. The van der Waals surface area contributed by atoms with Crippen molar-refractivity contribution in [2.75, 3.05) is 11.1 Å². The number of thiazole rings is 1. The average molecular weight is 261 g/mol. The molecule has 0 aliphatic heterocycles. The molecule has 0 aliphatic carbocycles. The van der Waals surface area contributed by atoms with E-state index in [-0.39, 0.29) is 12.3 Å².